The standard InChI is InChI=1S/C38H23NO/c1-2-13-28-24(9-1)19-21-34-38(28)30-14-4-6-17-33(30)39(34)32-16-5-3-12-27(32)26-20-22-35-31(23-26)29-15-7-10-25-11-8-18-36(40-35)37(25)29/h1-23H. The zero-order chi connectivity index (χ0) is 26.2. The van der Waals surface area contributed by atoms with Crippen LogP contribution in [-0.4, -0.2) is 4.57 Å². The fourth-order valence-electron chi connectivity index (χ4n) is 6.64. The summed E-state index contributed by atoms with van der Waals surface area (Å²) >= 11 is 0. The number of hydrogen-bond acceptors (Lipinski definition) is 1. The van der Waals surface area contributed by atoms with E-state index in [9.17, 15) is 0 Å². The smallest absolute Gasteiger partial charge is 0.135 e. The number of fused-ring (bicyclic) bond motifs is 7. The average Bonchev–Trinajstić information content (AvgIpc) is 3.36. The monoisotopic (exact) mass is 509 g/mol. The lowest BCUT2D eigenvalue weighted by Crippen LogP contribution is -1.99. The van der Waals surface area contributed by atoms with Crippen molar-refractivity contribution in [3.05, 3.63) is 140 Å². The minimum atomic E-state index is 0.899. The van der Waals surface area contributed by atoms with Gasteiger partial charge in [0, 0.05) is 27.3 Å². The molecule has 8 aromatic rings. The summed E-state index contributed by atoms with van der Waals surface area (Å²) in [5.74, 6) is 1.82. The van der Waals surface area contributed by atoms with E-state index in [4.69, 9.17) is 4.74 Å². The van der Waals surface area contributed by atoms with Crippen LogP contribution in [0, 0.1) is 0 Å². The minimum absolute atomic E-state index is 0.899. The summed E-state index contributed by atoms with van der Waals surface area (Å²) in [5.41, 5.74) is 8.29. The van der Waals surface area contributed by atoms with Crippen molar-refractivity contribution >= 4 is 43.4 Å². The highest BCUT2D eigenvalue weighted by atomic mass is 16.5. The third kappa shape index (κ3) is 2.93. The Morgan fingerprint density at radius 1 is 0.425 bits per heavy atom. The van der Waals surface area contributed by atoms with Gasteiger partial charge in [0.05, 0.1) is 16.7 Å². The maximum absolute atomic E-state index is 6.39. The second kappa shape index (κ2) is 8.08. The van der Waals surface area contributed by atoms with Crippen molar-refractivity contribution in [2.24, 2.45) is 0 Å². The number of nitrogens with zero attached hydrogens (tertiary/aromatic N) is 1. The van der Waals surface area contributed by atoms with Crippen LogP contribution < -0.4 is 4.74 Å². The average molecular weight is 510 g/mol. The van der Waals surface area contributed by atoms with Crippen molar-refractivity contribution in [1.82, 2.24) is 4.57 Å². The van der Waals surface area contributed by atoms with Crippen LogP contribution in [0.5, 0.6) is 11.5 Å². The SMILES string of the molecule is c1ccc(-n2c3ccccc3c3c4ccccc4ccc32)c(-c2ccc3c(c2)-c2cccc4cccc(c24)O3)c1. The molecule has 1 aromatic heterocycles. The third-order valence-electron chi connectivity index (χ3n) is 8.37. The summed E-state index contributed by atoms with van der Waals surface area (Å²) < 4.78 is 8.82. The molecule has 0 saturated heterocycles. The first-order valence-electron chi connectivity index (χ1n) is 13.7. The van der Waals surface area contributed by atoms with Crippen LogP contribution in [0.1, 0.15) is 0 Å². The van der Waals surface area contributed by atoms with Gasteiger partial charge in [0.25, 0.3) is 0 Å². The molecule has 0 saturated carbocycles. The lowest BCUT2D eigenvalue weighted by atomic mass is 9.92. The summed E-state index contributed by atoms with van der Waals surface area (Å²) in [6.07, 6.45) is 0. The maximum Gasteiger partial charge on any atom is 0.135 e. The highest BCUT2D eigenvalue weighted by molar-refractivity contribution is 6.21. The van der Waals surface area contributed by atoms with Gasteiger partial charge in [-0.1, -0.05) is 103 Å². The molecule has 7 aromatic carbocycles. The van der Waals surface area contributed by atoms with Gasteiger partial charge in [0.15, 0.2) is 0 Å². The van der Waals surface area contributed by atoms with Gasteiger partial charge in [-0.3, -0.25) is 0 Å². The minimum Gasteiger partial charge on any atom is -0.456 e. The van der Waals surface area contributed by atoms with Crippen LogP contribution >= 0.6 is 0 Å². The molecule has 0 N–H and O–H groups in total. The summed E-state index contributed by atoms with van der Waals surface area (Å²) in [6.45, 7) is 0. The molecule has 2 heteroatoms. The molecule has 0 bridgehead atoms. The Hall–Kier alpha value is -5.34. The van der Waals surface area contributed by atoms with Gasteiger partial charge in [-0.05, 0) is 63.7 Å². The van der Waals surface area contributed by atoms with Crippen molar-refractivity contribution < 1.29 is 4.74 Å². The molecule has 2 nitrogen and oxygen atoms in total. The Bertz CT molecular complexity index is 2300. The van der Waals surface area contributed by atoms with Gasteiger partial charge in [0.2, 0.25) is 0 Å². The number of aromatic nitrogens is 1. The Balaban J connectivity index is 1.32. The van der Waals surface area contributed by atoms with Crippen molar-refractivity contribution in [2.45, 2.75) is 0 Å². The number of rotatable bonds is 2. The molecule has 2 heterocycles. The van der Waals surface area contributed by atoms with E-state index < -0.39 is 0 Å². The van der Waals surface area contributed by atoms with Gasteiger partial charge in [-0.25, -0.2) is 0 Å². The first-order valence-corrected chi connectivity index (χ1v) is 13.7. The molecule has 0 aliphatic carbocycles. The van der Waals surface area contributed by atoms with Crippen LogP contribution in [0.15, 0.2) is 140 Å². The number of benzene rings is 7. The summed E-state index contributed by atoms with van der Waals surface area (Å²) in [4.78, 5) is 0. The van der Waals surface area contributed by atoms with Gasteiger partial charge in [0.1, 0.15) is 11.5 Å². The molecule has 186 valence electrons. The number of hydrogen-bond donors (Lipinski definition) is 0. The molecule has 40 heavy (non-hydrogen) atoms. The number of ether oxygens (including phenoxy) is 1. The third-order valence-corrected chi connectivity index (χ3v) is 8.37. The lowest BCUT2D eigenvalue weighted by molar-refractivity contribution is 0.487. The van der Waals surface area contributed by atoms with Gasteiger partial charge >= 0.3 is 0 Å². The van der Waals surface area contributed by atoms with Crippen molar-refractivity contribution in [2.75, 3.05) is 0 Å². The second-order valence-electron chi connectivity index (χ2n) is 10.5. The second-order valence-corrected chi connectivity index (χ2v) is 10.5. The zero-order valence-electron chi connectivity index (χ0n) is 21.6. The topological polar surface area (TPSA) is 14.2 Å². The molecule has 9 rings (SSSR count). The predicted molar refractivity (Wildman–Crippen MR) is 167 cm³/mol. The van der Waals surface area contributed by atoms with Crippen LogP contribution in [0.2, 0.25) is 0 Å². The largest absolute Gasteiger partial charge is 0.456 e. The van der Waals surface area contributed by atoms with Crippen LogP contribution in [0.25, 0.3) is 71.3 Å². The molecule has 0 fully saturated rings. The fourth-order valence-corrected chi connectivity index (χ4v) is 6.64. The van der Waals surface area contributed by atoms with Crippen molar-refractivity contribution in [1.29, 1.82) is 0 Å². The van der Waals surface area contributed by atoms with E-state index in [0.29, 0.717) is 0 Å². The van der Waals surface area contributed by atoms with E-state index >= 15 is 0 Å². The van der Waals surface area contributed by atoms with E-state index in [-0.39, 0.29) is 0 Å². The molecular weight excluding hydrogens is 486 g/mol. The van der Waals surface area contributed by atoms with E-state index in [2.05, 4.69) is 144 Å². The highest BCUT2D eigenvalue weighted by Gasteiger charge is 2.22. The molecule has 0 unspecified atom stereocenters. The number of para-hydroxylation sites is 2. The van der Waals surface area contributed by atoms with E-state index in [1.807, 2.05) is 0 Å². The molecular formula is C38H23NO. The summed E-state index contributed by atoms with van der Waals surface area (Å²) in [7, 11) is 0. The zero-order valence-corrected chi connectivity index (χ0v) is 21.6. The normalized spacial score (nSPS) is 12.2. The first-order chi connectivity index (χ1) is 19.8. The molecule has 1 aliphatic rings. The van der Waals surface area contributed by atoms with Gasteiger partial charge in [-0.15, -0.1) is 0 Å². The molecule has 0 spiro atoms. The lowest BCUT2D eigenvalue weighted by Gasteiger charge is -2.22. The molecule has 1 aliphatic heterocycles. The Labute approximate surface area is 231 Å². The highest BCUT2D eigenvalue weighted by Crippen LogP contribution is 2.48. The Morgan fingerprint density at radius 3 is 2.12 bits per heavy atom. The van der Waals surface area contributed by atoms with Crippen LogP contribution in [0.4, 0.5) is 0 Å². The molecule has 0 amide bonds. The van der Waals surface area contributed by atoms with E-state index in [1.54, 1.807) is 0 Å². The van der Waals surface area contributed by atoms with E-state index in [0.717, 1.165) is 17.1 Å². The van der Waals surface area contributed by atoms with E-state index in [1.165, 1.54) is 65.7 Å². The molecule has 0 atom stereocenters. The molecule has 0 radical (unpaired) electrons. The van der Waals surface area contributed by atoms with Gasteiger partial charge in [-0.2, -0.15) is 0 Å². The Kier molecular flexibility index (Phi) is 4.36. The Morgan fingerprint density at radius 2 is 1.18 bits per heavy atom. The van der Waals surface area contributed by atoms with Crippen molar-refractivity contribution in [3.8, 4) is 39.4 Å². The van der Waals surface area contributed by atoms with Crippen LogP contribution in [0.3, 0.4) is 0 Å². The summed E-state index contributed by atoms with van der Waals surface area (Å²) in [6, 6.07) is 50.1. The van der Waals surface area contributed by atoms with Gasteiger partial charge < -0.3 is 9.30 Å². The van der Waals surface area contributed by atoms with Crippen molar-refractivity contribution in [3.63, 3.8) is 0 Å². The fraction of sp³-hybridized carbons (Fsp3) is 0. The predicted octanol–water partition coefficient (Wildman–Crippen LogP) is 10.5. The maximum atomic E-state index is 6.39. The first kappa shape index (κ1) is 21.6. The quantitative estimate of drug-likeness (QED) is 0.226. The van der Waals surface area contributed by atoms with Crippen LogP contribution in [-0.2, 0) is 0 Å². The summed E-state index contributed by atoms with van der Waals surface area (Å²) in [5, 5.41) is 7.48.